The number of benzene rings is 2. The van der Waals surface area contributed by atoms with Crippen molar-refractivity contribution in [3.63, 3.8) is 0 Å². The minimum absolute atomic E-state index is 0.0528. The molecule has 0 saturated carbocycles. The van der Waals surface area contributed by atoms with Crippen molar-refractivity contribution in [2.75, 3.05) is 29.7 Å². The van der Waals surface area contributed by atoms with Crippen molar-refractivity contribution >= 4 is 46.5 Å². The summed E-state index contributed by atoms with van der Waals surface area (Å²) in [5.41, 5.74) is 2.71. The molecule has 0 aliphatic carbocycles. The van der Waals surface area contributed by atoms with Crippen molar-refractivity contribution in [2.45, 2.75) is 0 Å². The van der Waals surface area contributed by atoms with E-state index >= 15 is 0 Å². The smallest absolute Gasteiger partial charge is 0.269 e. The van der Waals surface area contributed by atoms with Gasteiger partial charge in [0.1, 0.15) is 0 Å². The summed E-state index contributed by atoms with van der Waals surface area (Å²) in [6, 6.07) is 14.0. The third-order valence-electron chi connectivity index (χ3n) is 3.39. The molecule has 0 saturated heterocycles. The van der Waals surface area contributed by atoms with Gasteiger partial charge >= 0.3 is 0 Å². The molecule has 0 aromatic heterocycles. The van der Waals surface area contributed by atoms with E-state index in [1.165, 1.54) is 12.1 Å². The first-order valence-electron chi connectivity index (χ1n) is 7.39. The quantitative estimate of drug-likeness (QED) is 0.296. The van der Waals surface area contributed by atoms with Crippen LogP contribution in [0.2, 0.25) is 0 Å². The fourth-order valence-electron chi connectivity index (χ4n) is 2.15. The average Bonchev–Trinajstić information content (AvgIpc) is 2.60. The van der Waals surface area contributed by atoms with Crippen LogP contribution in [0.4, 0.5) is 17.1 Å². The third-order valence-corrected chi connectivity index (χ3v) is 3.73. The summed E-state index contributed by atoms with van der Waals surface area (Å²) in [6.45, 7) is 1.48. The number of halogens is 2. The summed E-state index contributed by atoms with van der Waals surface area (Å²) in [6.07, 6.45) is 1.72. The lowest BCUT2D eigenvalue weighted by molar-refractivity contribution is -0.384. The maximum Gasteiger partial charge on any atom is 0.269 e. The van der Waals surface area contributed by atoms with Gasteiger partial charge in [0.25, 0.3) is 5.69 Å². The number of hydrogen-bond acceptors (Lipinski definition) is 4. The Bertz CT molecular complexity index is 682. The van der Waals surface area contributed by atoms with E-state index in [9.17, 15) is 10.1 Å². The molecule has 0 radical (unpaired) electrons. The molecular weight excluding hydrogens is 349 g/mol. The molecule has 24 heavy (non-hydrogen) atoms. The second-order valence-electron chi connectivity index (χ2n) is 4.99. The van der Waals surface area contributed by atoms with E-state index in [1.807, 2.05) is 24.3 Å². The molecule has 0 spiro atoms. The van der Waals surface area contributed by atoms with E-state index in [1.54, 1.807) is 18.3 Å². The Morgan fingerprint density at radius 2 is 1.58 bits per heavy atom. The molecule has 126 valence electrons. The zero-order valence-electron chi connectivity index (χ0n) is 12.9. The Morgan fingerprint density at radius 3 is 2.08 bits per heavy atom. The Morgan fingerprint density at radius 1 is 1.00 bits per heavy atom. The molecule has 0 aliphatic rings. The first kappa shape index (κ1) is 18.2. The van der Waals surface area contributed by atoms with E-state index in [2.05, 4.69) is 9.89 Å². The van der Waals surface area contributed by atoms with Crippen molar-refractivity contribution in [1.29, 1.82) is 0 Å². The van der Waals surface area contributed by atoms with Crippen LogP contribution < -0.4 is 4.90 Å². The standard InChI is InChI=1S/C17H17Cl2N3O2/c18-9-11-21(12-10-19)16-5-1-14(2-6-16)13-20-15-3-7-17(8-4-15)22(23)24/h1-8,13H,9-12H2. The monoisotopic (exact) mass is 365 g/mol. The maximum atomic E-state index is 10.6. The fraction of sp³-hybridized carbons (Fsp3) is 0.235. The molecule has 0 amide bonds. The molecule has 0 atom stereocenters. The number of hydrogen-bond donors (Lipinski definition) is 0. The molecule has 7 heteroatoms. The highest BCUT2D eigenvalue weighted by atomic mass is 35.5. The summed E-state index contributed by atoms with van der Waals surface area (Å²) in [5.74, 6) is 1.08. The van der Waals surface area contributed by atoms with Crippen molar-refractivity contribution in [3.05, 3.63) is 64.2 Å². The van der Waals surface area contributed by atoms with Crippen molar-refractivity contribution < 1.29 is 4.92 Å². The van der Waals surface area contributed by atoms with E-state index in [4.69, 9.17) is 23.2 Å². The lowest BCUT2D eigenvalue weighted by atomic mass is 10.2. The molecular formula is C17H17Cl2N3O2. The summed E-state index contributed by atoms with van der Waals surface area (Å²) < 4.78 is 0. The van der Waals surface area contributed by atoms with Gasteiger partial charge in [-0.1, -0.05) is 12.1 Å². The molecule has 0 aliphatic heterocycles. The first-order chi connectivity index (χ1) is 11.6. The van der Waals surface area contributed by atoms with Crippen molar-refractivity contribution in [1.82, 2.24) is 0 Å². The first-order valence-corrected chi connectivity index (χ1v) is 8.46. The molecule has 0 bridgehead atoms. The zero-order chi connectivity index (χ0) is 17.4. The van der Waals surface area contributed by atoms with Crippen LogP contribution in [0.25, 0.3) is 0 Å². The van der Waals surface area contributed by atoms with E-state index in [0.29, 0.717) is 17.4 Å². The van der Waals surface area contributed by atoms with E-state index in [-0.39, 0.29) is 5.69 Å². The minimum Gasteiger partial charge on any atom is -0.369 e. The number of alkyl halides is 2. The van der Waals surface area contributed by atoms with Crippen molar-refractivity contribution in [2.24, 2.45) is 4.99 Å². The van der Waals surface area contributed by atoms with E-state index < -0.39 is 4.92 Å². The molecule has 2 aromatic carbocycles. The molecule has 5 nitrogen and oxygen atoms in total. The van der Waals surface area contributed by atoms with Crippen LogP contribution in [0.1, 0.15) is 5.56 Å². The van der Waals surface area contributed by atoms with Gasteiger partial charge < -0.3 is 4.90 Å². The molecule has 2 aromatic rings. The number of nitro groups is 1. The number of rotatable bonds is 8. The number of anilines is 1. The van der Waals surface area contributed by atoms with Crippen LogP contribution in [0.5, 0.6) is 0 Å². The van der Waals surface area contributed by atoms with Gasteiger partial charge in [0.2, 0.25) is 0 Å². The summed E-state index contributed by atoms with van der Waals surface area (Å²) in [7, 11) is 0. The predicted molar refractivity (Wildman–Crippen MR) is 100 cm³/mol. The SMILES string of the molecule is O=[N+]([O-])c1ccc(N=Cc2ccc(N(CCCl)CCCl)cc2)cc1. The Labute approximate surface area is 150 Å². The maximum absolute atomic E-state index is 10.6. The highest BCUT2D eigenvalue weighted by Gasteiger charge is 2.05. The highest BCUT2D eigenvalue weighted by molar-refractivity contribution is 6.18. The average molecular weight is 366 g/mol. The topological polar surface area (TPSA) is 58.7 Å². The normalized spacial score (nSPS) is 10.9. The van der Waals surface area contributed by atoms with Gasteiger partial charge in [-0.2, -0.15) is 0 Å². The van der Waals surface area contributed by atoms with Crippen LogP contribution in [-0.4, -0.2) is 36.0 Å². The summed E-state index contributed by atoms with van der Waals surface area (Å²) >= 11 is 11.6. The summed E-state index contributed by atoms with van der Waals surface area (Å²) in [4.78, 5) is 16.6. The Hall–Kier alpha value is -2.11. The zero-order valence-corrected chi connectivity index (χ0v) is 14.5. The largest absolute Gasteiger partial charge is 0.369 e. The highest BCUT2D eigenvalue weighted by Crippen LogP contribution is 2.19. The van der Waals surface area contributed by atoms with Crippen molar-refractivity contribution in [3.8, 4) is 0 Å². The lowest BCUT2D eigenvalue weighted by Crippen LogP contribution is -2.27. The molecule has 0 N–H and O–H groups in total. The number of nitrogens with zero attached hydrogens (tertiary/aromatic N) is 3. The Kier molecular flexibility index (Phi) is 7.03. The van der Waals surface area contributed by atoms with Gasteiger partial charge in [-0.05, 0) is 29.8 Å². The molecule has 0 unspecified atom stereocenters. The summed E-state index contributed by atoms with van der Waals surface area (Å²) in [5, 5.41) is 10.6. The Balaban J connectivity index is 2.06. The van der Waals surface area contributed by atoms with Crippen LogP contribution in [0.3, 0.4) is 0 Å². The number of aliphatic imine (C=N–C) groups is 1. The third kappa shape index (κ3) is 5.22. The van der Waals surface area contributed by atoms with Gasteiger partial charge in [-0.25, -0.2) is 0 Å². The van der Waals surface area contributed by atoms with Crippen LogP contribution >= 0.6 is 23.2 Å². The van der Waals surface area contributed by atoms with Gasteiger partial charge in [0.05, 0.1) is 10.6 Å². The van der Waals surface area contributed by atoms with Gasteiger partial charge in [-0.15, -0.1) is 23.2 Å². The molecule has 0 heterocycles. The lowest BCUT2D eigenvalue weighted by Gasteiger charge is -2.22. The number of nitro benzene ring substituents is 1. The van der Waals surface area contributed by atoms with Crippen LogP contribution in [-0.2, 0) is 0 Å². The van der Waals surface area contributed by atoms with Crippen LogP contribution in [0.15, 0.2) is 53.5 Å². The van der Waals surface area contributed by atoms with Gasteiger partial charge in [0.15, 0.2) is 0 Å². The minimum atomic E-state index is -0.431. The molecule has 2 rings (SSSR count). The predicted octanol–water partition coefficient (Wildman–Crippen LogP) is 4.63. The second-order valence-corrected chi connectivity index (χ2v) is 5.74. The van der Waals surface area contributed by atoms with Crippen LogP contribution in [0, 0.1) is 10.1 Å². The second kappa shape index (κ2) is 9.25. The number of non-ortho nitro benzene ring substituents is 1. The molecule has 0 fully saturated rings. The fourth-order valence-corrected chi connectivity index (χ4v) is 2.56. The van der Waals surface area contributed by atoms with Gasteiger partial charge in [0, 0.05) is 48.9 Å². The van der Waals surface area contributed by atoms with E-state index in [0.717, 1.165) is 24.3 Å². The van der Waals surface area contributed by atoms with Gasteiger partial charge in [-0.3, -0.25) is 15.1 Å².